The van der Waals surface area contributed by atoms with E-state index in [1.165, 1.54) is 11.4 Å². The average molecular weight is 328 g/mol. The maximum Gasteiger partial charge on any atom is 0.312 e. The maximum absolute atomic E-state index is 12.8. The standard InChI is InChI=1S/C13H20N4O4S/c1-9-14-11(16-15-9)10-4-3-7-17(10)22(19,20)8-13(5-6-13)12(18)21-2/h10H,3-8H2,1-2H3,(H,14,15,16)/t10-/m1/s1. The van der Waals surface area contributed by atoms with Crippen molar-refractivity contribution in [3.8, 4) is 0 Å². The first-order chi connectivity index (χ1) is 10.4. The van der Waals surface area contributed by atoms with Crippen molar-refractivity contribution < 1.29 is 17.9 Å². The molecule has 1 N–H and O–H groups in total. The van der Waals surface area contributed by atoms with Crippen molar-refractivity contribution >= 4 is 16.0 Å². The van der Waals surface area contributed by atoms with Crippen LogP contribution in [0.15, 0.2) is 0 Å². The molecule has 122 valence electrons. The number of aromatic amines is 1. The summed E-state index contributed by atoms with van der Waals surface area (Å²) in [5.74, 6) is 0.543. The highest BCUT2D eigenvalue weighted by Crippen LogP contribution is 2.49. The largest absolute Gasteiger partial charge is 0.469 e. The van der Waals surface area contributed by atoms with Crippen molar-refractivity contribution in [2.75, 3.05) is 19.4 Å². The molecule has 1 aliphatic heterocycles. The lowest BCUT2D eigenvalue weighted by Gasteiger charge is -2.24. The van der Waals surface area contributed by atoms with E-state index < -0.39 is 21.4 Å². The summed E-state index contributed by atoms with van der Waals surface area (Å²) in [7, 11) is -2.26. The van der Waals surface area contributed by atoms with Crippen LogP contribution in [0.25, 0.3) is 0 Å². The Labute approximate surface area is 129 Å². The zero-order chi connectivity index (χ0) is 16.0. The Kier molecular flexibility index (Phi) is 3.72. The normalized spacial score (nSPS) is 24.4. The summed E-state index contributed by atoms with van der Waals surface area (Å²) in [6.45, 7) is 2.22. The fourth-order valence-electron chi connectivity index (χ4n) is 3.05. The van der Waals surface area contributed by atoms with Gasteiger partial charge in [0.05, 0.1) is 24.3 Å². The lowest BCUT2D eigenvalue weighted by atomic mass is 10.1. The van der Waals surface area contributed by atoms with Crippen LogP contribution in [0, 0.1) is 12.3 Å². The average Bonchev–Trinajstić information content (AvgIpc) is 2.91. The molecular weight excluding hydrogens is 308 g/mol. The molecule has 0 amide bonds. The molecule has 2 fully saturated rings. The number of hydrogen-bond acceptors (Lipinski definition) is 6. The van der Waals surface area contributed by atoms with E-state index in [-0.39, 0.29) is 11.8 Å². The minimum atomic E-state index is -3.56. The third-order valence-corrected chi connectivity index (χ3v) is 6.47. The molecular formula is C13H20N4O4S. The van der Waals surface area contributed by atoms with Gasteiger partial charge in [0.2, 0.25) is 10.0 Å². The SMILES string of the molecule is COC(=O)C1(CS(=O)(=O)N2CCC[C@@H]2c2n[nH]c(C)n2)CC1. The summed E-state index contributed by atoms with van der Waals surface area (Å²) in [5.41, 5.74) is -0.852. The van der Waals surface area contributed by atoms with Gasteiger partial charge in [0.1, 0.15) is 5.82 Å². The summed E-state index contributed by atoms with van der Waals surface area (Å²) in [4.78, 5) is 16.1. The van der Waals surface area contributed by atoms with Gasteiger partial charge < -0.3 is 4.74 Å². The molecule has 2 aliphatic rings. The molecule has 1 aromatic heterocycles. The number of rotatable bonds is 5. The number of H-pyrrole nitrogens is 1. The van der Waals surface area contributed by atoms with Gasteiger partial charge in [-0.2, -0.15) is 9.40 Å². The molecule has 22 heavy (non-hydrogen) atoms. The van der Waals surface area contributed by atoms with Gasteiger partial charge in [-0.05, 0) is 32.6 Å². The van der Waals surface area contributed by atoms with Gasteiger partial charge in [0.15, 0.2) is 5.82 Å². The van der Waals surface area contributed by atoms with Gasteiger partial charge in [-0.15, -0.1) is 0 Å². The molecule has 1 saturated carbocycles. The van der Waals surface area contributed by atoms with Crippen LogP contribution in [0.4, 0.5) is 0 Å². The minimum Gasteiger partial charge on any atom is -0.469 e. The molecule has 1 aromatic rings. The van der Waals surface area contributed by atoms with Gasteiger partial charge in [-0.1, -0.05) is 0 Å². The summed E-state index contributed by atoms with van der Waals surface area (Å²) >= 11 is 0. The number of methoxy groups -OCH3 is 1. The second-order valence-electron chi connectivity index (χ2n) is 6.08. The van der Waals surface area contributed by atoms with Gasteiger partial charge in [-0.25, -0.2) is 13.4 Å². The van der Waals surface area contributed by atoms with Crippen LogP contribution < -0.4 is 0 Å². The highest BCUT2D eigenvalue weighted by molar-refractivity contribution is 7.89. The molecule has 9 heteroatoms. The number of aromatic nitrogens is 3. The first-order valence-corrected chi connectivity index (χ1v) is 8.96. The van der Waals surface area contributed by atoms with Crippen LogP contribution in [-0.2, 0) is 19.6 Å². The highest BCUT2D eigenvalue weighted by atomic mass is 32.2. The van der Waals surface area contributed by atoms with Crippen LogP contribution in [0.5, 0.6) is 0 Å². The monoisotopic (exact) mass is 328 g/mol. The van der Waals surface area contributed by atoms with Crippen molar-refractivity contribution in [3.63, 3.8) is 0 Å². The van der Waals surface area contributed by atoms with Gasteiger partial charge in [0.25, 0.3) is 0 Å². The zero-order valence-electron chi connectivity index (χ0n) is 12.7. The Morgan fingerprint density at radius 3 is 2.77 bits per heavy atom. The number of hydrogen-bond donors (Lipinski definition) is 1. The second kappa shape index (κ2) is 5.31. The molecule has 0 aromatic carbocycles. The van der Waals surface area contributed by atoms with E-state index in [9.17, 15) is 13.2 Å². The Hall–Kier alpha value is -1.48. The Morgan fingerprint density at radius 1 is 1.50 bits per heavy atom. The number of ether oxygens (including phenoxy) is 1. The Morgan fingerprint density at radius 2 is 2.23 bits per heavy atom. The van der Waals surface area contributed by atoms with E-state index in [0.717, 1.165) is 6.42 Å². The first kappa shape index (κ1) is 15.4. The molecule has 0 radical (unpaired) electrons. The van der Waals surface area contributed by atoms with Crippen molar-refractivity contribution in [1.29, 1.82) is 0 Å². The van der Waals surface area contributed by atoms with Gasteiger partial charge >= 0.3 is 5.97 Å². The fraction of sp³-hybridized carbons (Fsp3) is 0.769. The Bertz CT molecular complexity index is 680. The van der Waals surface area contributed by atoms with Crippen molar-refractivity contribution in [1.82, 2.24) is 19.5 Å². The van der Waals surface area contributed by atoms with E-state index in [4.69, 9.17) is 4.74 Å². The van der Waals surface area contributed by atoms with E-state index in [0.29, 0.717) is 37.5 Å². The van der Waals surface area contributed by atoms with Gasteiger partial charge in [-0.3, -0.25) is 9.89 Å². The minimum absolute atomic E-state index is 0.188. The van der Waals surface area contributed by atoms with E-state index >= 15 is 0 Å². The van der Waals surface area contributed by atoms with Crippen LogP contribution in [-0.4, -0.2) is 53.3 Å². The number of esters is 1. The summed E-state index contributed by atoms with van der Waals surface area (Å²) in [6, 6.07) is -0.344. The molecule has 2 heterocycles. The topological polar surface area (TPSA) is 105 Å². The number of carbonyl (C=O) groups excluding carboxylic acids is 1. The van der Waals surface area contributed by atoms with Crippen molar-refractivity contribution in [2.45, 2.75) is 38.6 Å². The predicted molar refractivity (Wildman–Crippen MR) is 77.3 cm³/mol. The molecule has 1 aliphatic carbocycles. The van der Waals surface area contributed by atoms with Gasteiger partial charge in [0, 0.05) is 6.54 Å². The molecule has 0 spiro atoms. The molecule has 0 bridgehead atoms. The number of nitrogens with zero attached hydrogens (tertiary/aromatic N) is 3. The fourth-order valence-corrected chi connectivity index (χ4v) is 5.31. The van der Waals surface area contributed by atoms with Crippen LogP contribution >= 0.6 is 0 Å². The quantitative estimate of drug-likeness (QED) is 0.791. The van der Waals surface area contributed by atoms with Crippen molar-refractivity contribution in [3.05, 3.63) is 11.6 Å². The Balaban J connectivity index is 1.81. The number of nitrogens with one attached hydrogen (secondary N) is 1. The first-order valence-electron chi connectivity index (χ1n) is 7.35. The van der Waals surface area contributed by atoms with Crippen LogP contribution in [0.3, 0.4) is 0 Å². The third kappa shape index (κ3) is 2.63. The second-order valence-corrected chi connectivity index (χ2v) is 8.00. The lowest BCUT2D eigenvalue weighted by molar-refractivity contribution is -0.146. The molecule has 0 unspecified atom stereocenters. The van der Waals surface area contributed by atoms with Crippen LogP contribution in [0.2, 0.25) is 0 Å². The lowest BCUT2D eigenvalue weighted by Crippen LogP contribution is -2.38. The smallest absolute Gasteiger partial charge is 0.312 e. The van der Waals surface area contributed by atoms with E-state index in [1.807, 2.05) is 0 Å². The third-order valence-electron chi connectivity index (χ3n) is 4.40. The van der Waals surface area contributed by atoms with Crippen molar-refractivity contribution in [2.24, 2.45) is 5.41 Å². The summed E-state index contributed by atoms with van der Waals surface area (Å²) in [5, 5.41) is 6.84. The maximum atomic E-state index is 12.8. The van der Waals surface area contributed by atoms with E-state index in [2.05, 4.69) is 15.2 Å². The molecule has 8 nitrogen and oxygen atoms in total. The number of sulfonamides is 1. The highest BCUT2D eigenvalue weighted by Gasteiger charge is 2.55. The van der Waals surface area contributed by atoms with E-state index in [1.54, 1.807) is 6.92 Å². The summed E-state index contributed by atoms with van der Waals surface area (Å²) < 4.78 is 31.7. The molecule has 1 saturated heterocycles. The number of aryl methyl sites for hydroxylation is 1. The predicted octanol–water partition coefficient (Wildman–Crippen LogP) is 0.533. The number of carbonyl (C=O) groups is 1. The molecule has 1 atom stereocenters. The molecule has 3 rings (SSSR count). The summed E-state index contributed by atoms with van der Waals surface area (Å²) in [6.07, 6.45) is 2.60. The van der Waals surface area contributed by atoms with Crippen LogP contribution in [0.1, 0.15) is 43.4 Å². The zero-order valence-corrected chi connectivity index (χ0v) is 13.5.